The Hall–Kier alpha value is -1.01. The first-order chi connectivity index (χ1) is 8.15. The van der Waals surface area contributed by atoms with Gasteiger partial charge in [0.25, 0.3) is 0 Å². The lowest BCUT2D eigenvalue weighted by atomic mass is 10.2. The molecule has 94 valence electrons. The number of nitrogens with zero attached hydrogens (tertiary/aromatic N) is 2. The molecular formula is C11H17N3O2S. The van der Waals surface area contributed by atoms with Crippen molar-refractivity contribution in [3.8, 4) is 0 Å². The maximum Gasteiger partial charge on any atom is 0.320 e. The van der Waals surface area contributed by atoms with Crippen LogP contribution >= 0.6 is 11.8 Å². The summed E-state index contributed by atoms with van der Waals surface area (Å²) >= 11 is 1.65. The van der Waals surface area contributed by atoms with Crippen molar-refractivity contribution in [2.45, 2.75) is 36.2 Å². The van der Waals surface area contributed by atoms with E-state index in [0.29, 0.717) is 12.5 Å². The van der Waals surface area contributed by atoms with E-state index in [2.05, 4.69) is 10.4 Å². The first kappa shape index (κ1) is 12.4. The molecule has 2 N–H and O–H groups in total. The van der Waals surface area contributed by atoms with Crippen molar-refractivity contribution in [2.24, 2.45) is 7.05 Å². The molecule has 17 heavy (non-hydrogen) atoms. The van der Waals surface area contributed by atoms with Gasteiger partial charge in [0.05, 0.1) is 6.20 Å². The molecule has 1 saturated carbocycles. The van der Waals surface area contributed by atoms with Gasteiger partial charge in [0.1, 0.15) is 6.04 Å². The zero-order valence-electron chi connectivity index (χ0n) is 9.80. The van der Waals surface area contributed by atoms with Crippen LogP contribution in [0.2, 0.25) is 0 Å². The Morgan fingerprint density at radius 2 is 2.53 bits per heavy atom. The van der Waals surface area contributed by atoms with Crippen molar-refractivity contribution < 1.29 is 9.90 Å². The van der Waals surface area contributed by atoms with Crippen LogP contribution in [-0.2, 0) is 11.8 Å². The summed E-state index contributed by atoms with van der Waals surface area (Å²) in [5.41, 5.74) is 0. The zero-order valence-corrected chi connectivity index (χ0v) is 10.6. The molecule has 0 spiro atoms. The fraction of sp³-hybridized carbons (Fsp3) is 0.636. The third-order valence-corrected chi connectivity index (χ3v) is 3.65. The van der Waals surface area contributed by atoms with Crippen LogP contribution in [0.25, 0.3) is 0 Å². The predicted octanol–water partition coefficient (Wildman–Crippen LogP) is 1.11. The van der Waals surface area contributed by atoms with E-state index in [1.807, 2.05) is 13.2 Å². The van der Waals surface area contributed by atoms with E-state index >= 15 is 0 Å². The summed E-state index contributed by atoms with van der Waals surface area (Å²) in [4.78, 5) is 12.1. The van der Waals surface area contributed by atoms with E-state index in [1.54, 1.807) is 22.6 Å². The van der Waals surface area contributed by atoms with Crippen molar-refractivity contribution in [2.75, 3.05) is 5.75 Å². The first-order valence-corrected chi connectivity index (χ1v) is 6.74. The number of carboxylic acids is 1. The summed E-state index contributed by atoms with van der Waals surface area (Å²) in [5, 5.41) is 16.3. The van der Waals surface area contributed by atoms with Gasteiger partial charge in [-0.3, -0.25) is 9.48 Å². The summed E-state index contributed by atoms with van der Waals surface area (Å²) in [7, 11) is 1.87. The highest BCUT2D eigenvalue weighted by molar-refractivity contribution is 7.99. The molecule has 1 atom stereocenters. The highest BCUT2D eigenvalue weighted by Crippen LogP contribution is 2.22. The Morgan fingerprint density at radius 1 is 1.76 bits per heavy atom. The van der Waals surface area contributed by atoms with Crippen molar-refractivity contribution >= 4 is 17.7 Å². The van der Waals surface area contributed by atoms with Crippen molar-refractivity contribution in [1.29, 1.82) is 0 Å². The molecule has 0 aromatic carbocycles. The lowest BCUT2D eigenvalue weighted by molar-refractivity contribution is -0.139. The number of aryl methyl sites for hydroxylation is 1. The standard InChI is InChI=1S/C11H17N3O2S/c1-14-7-9(6-12-14)17-5-4-10(11(15)16)13-8-2-3-8/h6-8,10,13H,2-5H2,1H3,(H,15,16). The number of hydrogen-bond acceptors (Lipinski definition) is 4. The third kappa shape index (κ3) is 4.05. The van der Waals surface area contributed by atoms with Gasteiger partial charge < -0.3 is 10.4 Å². The van der Waals surface area contributed by atoms with E-state index in [1.165, 1.54) is 0 Å². The monoisotopic (exact) mass is 255 g/mol. The van der Waals surface area contributed by atoms with E-state index in [9.17, 15) is 4.79 Å². The Morgan fingerprint density at radius 3 is 3.06 bits per heavy atom. The van der Waals surface area contributed by atoms with Gasteiger partial charge in [-0.15, -0.1) is 11.8 Å². The lowest BCUT2D eigenvalue weighted by Crippen LogP contribution is -2.38. The van der Waals surface area contributed by atoms with Gasteiger partial charge >= 0.3 is 5.97 Å². The molecule has 2 rings (SSSR count). The van der Waals surface area contributed by atoms with E-state index in [-0.39, 0.29) is 0 Å². The summed E-state index contributed by atoms with van der Waals surface area (Å²) in [6.45, 7) is 0. The molecule has 0 radical (unpaired) electrons. The molecule has 1 aromatic rings. The topological polar surface area (TPSA) is 67.2 Å². The molecule has 1 fully saturated rings. The molecule has 0 bridgehead atoms. The number of aromatic nitrogens is 2. The lowest BCUT2D eigenvalue weighted by Gasteiger charge is -2.12. The largest absolute Gasteiger partial charge is 0.480 e. The van der Waals surface area contributed by atoms with Gasteiger partial charge in [-0.05, 0) is 19.3 Å². The molecule has 5 nitrogen and oxygen atoms in total. The Kier molecular flexibility index (Phi) is 4.06. The Bertz CT molecular complexity index is 390. The molecule has 1 unspecified atom stereocenters. The number of nitrogens with one attached hydrogen (secondary N) is 1. The highest BCUT2D eigenvalue weighted by Gasteiger charge is 2.27. The average Bonchev–Trinajstić information content (AvgIpc) is 3.00. The number of carbonyl (C=O) groups is 1. The highest BCUT2D eigenvalue weighted by atomic mass is 32.2. The van der Waals surface area contributed by atoms with Crippen molar-refractivity contribution in [3.05, 3.63) is 12.4 Å². The first-order valence-electron chi connectivity index (χ1n) is 5.75. The molecule has 1 aromatic heterocycles. The maximum atomic E-state index is 11.0. The number of hydrogen-bond donors (Lipinski definition) is 2. The van der Waals surface area contributed by atoms with Gasteiger partial charge in [0, 0.05) is 29.9 Å². The number of aliphatic carboxylic acids is 1. The van der Waals surface area contributed by atoms with Gasteiger partial charge in [0.15, 0.2) is 0 Å². The van der Waals surface area contributed by atoms with Crippen LogP contribution in [-0.4, -0.2) is 38.7 Å². The minimum Gasteiger partial charge on any atom is -0.480 e. The number of rotatable bonds is 7. The Balaban J connectivity index is 1.72. The van der Waals surface area contributed by atoms with Crippen molar-refractivity contribution in [1.82, 2.24) is 15.1 Å². The summed E-state index contributed by atoms with van der Waals surface area (Å²) in [6.07, 6.45) is 6.61. The molecule has 6 heteroatoms. The van der Waals surface area contributed by atoms with E-state index in [4.69, 9.17) is 5.11 Å². The van der Waals surface area contributed by atoms with Gasteiger partial charge in [0.2, 0.25) is 0 Å². The molecule has 1 aliphatic rings. The van der Waals surface area contributed by atoms with E-state index < -0.39 is 12.0 Å². The summed E-state index contributed by atoms with van der Waals surface area (Å²) in [6, 6.07) is 0.0196. The molecule has 0 aliphatic heterocycles. The number of carboxylic acid groups (broad SMARTS) is 1. The molecule has 0 amide bonds. The minimum absolute atomic E-state index is 0.410. The molecule has 1 aliphatic carbocycles. The van der Waals surface area contributed by atoms with Crippen molar-refractivity contribution in [3.63, 3.8) is 0 Å². The van der Waals surface area contributed by atoms with Gasteiger partial charge in [-0.1, -0.05) is 0 Å². The van der Waals surface area contributed by atoms with Crippen LogP contribution in [0.15, 0.2) is 17.3 Å². The molecule has 1 heterocycles. The van der Waals surface area contributed by atoms with Crippen LogP contribution in [0.5, 0.6) is 0 Å². The maximum absolute atomic E-state index is 11.0. The fourth-order valence-corrected chi connectivity index (χ4v) is 2.52. The SMILES string of the molecule is Cn1cc(SCCC(NC2CC2)C(=O)O)cn1. The second-order valence-electron chi connectivity index (χ2n) is 4.32. The molecule has 0 saturated heterocycles. The normalized spacial score (nSPS) is 17.0. The van der Waals surface area contributed by atoms with Crippen LogP contribution in [0.4, 0.5) is 0 Å². The van der Waals surface area contributed by atoms with E-state index in [0.717, 1.165) is 23.5 Å². The quantitative estimate of drug-likeness (QED) is 0.714. The fourth-order valence-electron chi connectivity index (χ4n) is 1.58. The summed E-state index contributed by atoms with van der Waals surface area (Å²) in [5.74, 6) is 0.0474. The minimum atomic E-state index is -0.747. The Labute approximate surface area is 105 Å². The van der Waals surface area contributed by atoms with Crippen LogP contribution < -0.4 is 5.32 Å². The predicted molar refractivity (Wildman–Crippen MR) is 66.1 cm³/mol. The zero-order chi connectivity index (χ0) is 12.3. The van der Waals surface area contributed by atoms with Crippen LogP contribution in [0.3, 0.4) is 0 Å². The smallest absolute Gasteiger partial charge is 0.320 e. The van der Waals surface area contributed by atoms with Crippen LogP contribution in [0, 0.1) is 0 Å². The second-order valence-corrected chi connectivity index (χ2v) is 5.49. The molecular weight excluding hydrogens is 238 g/mol. The second kappa shape index (κ2) is 5.55. The third-order valence-electron chi connectivity index (χ3n) is 2.67. The van der Waals surface area contributed by atoms with Gasteiger partial charge in [-0.25, -0.2) is 0 Å². The van der Waals surface area contributed by atoms with Gasteiger partial charge in [-0.2, -0.15) is 5.10 Å². The van der Waals surface area contributed by atoms with Crippen LogP contribution in [0.1, 0.15) is 19.3 Å². The summed E-state index contributed by atoms with van der Waals surface area (Å²) < 4.78 is 1.75. The number of thioether (sulfide) groups is 1. The average molecular weight is 255 g/mol.